The van der Waals surface area contributed by atoms with Crippen LogP contribution in [0.25, 0.3) is 0 Å². The Balaban J connectivity index is 0.000000361. The largest absolute Gasteiger partial charge is 0.328 e. The molecule has 7 nitrogen and oxygen atoms in total. The maximum Gasteiger partial charge on any atom is 0.291 e. The Hall–Kier alpha value is -2.70. The number of aromatic nitrogens is 2. The van der Waals surface area contributed by atoms with Crippen LogP contribution in [0.1, 0.15) is 40.5 Å². The van der Waals surface area contributed by atoms with Gasteiger partial charge in [0.15, 0.2) is 6.29 Å². The Morgan fingerprint density at radius 1 is 1.43 bits per heavy atom. The molecule has 3 rings (SSSR count). The Morgan fingerprint density at radius 3 is 2.86 bits per heavy atom. The summed E-state index contributed by atoms with van der Waals surface area (Å²) in [6, 6.07) is 8.75. The molecule has 1 N–H and O–H groups in total. The second-order valence-electron chi connectivity index (χ2n) is 4.69. The minimum Gasteiger partial charge on any atom is -0.328 e. The van der Waals surface area contributed by atoms with Gasteiger partial charge in [-0.1, -0.05) is 24.3 Å². The monoisotopic (exact) mass is 289 g/mol. The topological polar surface area (TPSA) is 98.3 Å². The summed E-state index contributed by atoms with van der Waals surface area (Å²) in [6.45, 7) is 0. The van der Waals surface area contributed by atoms with Crippen molar-refractivity contribution in [2.45, 2.75) is 25.3 Å². The van der Waals surface area contributed by atoms with E-state index in [9.17, 15) is 4.79 Å². The molecule has 0 amide bonds. The first-order valence-electron chi connectivity index (χ1n) is 6.51. The SMILES string of the molecule is O=Cc1cncn1C1CCCc2ccccc21.O=[N+]([O-])O. The third kappa shape index (κ3) is 3.44. The number of imidazole rings is 1. The number of fused-ring (bicyclic) bond motifs is 1. The molecule has 1 atom stereocenters. The van der Waals surface area contributed by atoms with Crippen LogP contribution in [-0.4, -0.2) is 26.1 Å². The first-order chi connectivity index (χ1) is 10.1. The summed E-state index contributed by atoms with van der Waals surface area (Å²) in [7, 11) is 0. The average molecular weight is 289 g/mol. The molecule has 0 spiro atoms. The number of aldehydes is 1. The predicted molar refractivity (Wildman–Crippen MR) is 73.9 cm³/mol. The molecule has 7 heteroatoms. The molecule has 110 valence electrons. The Labute approximate surface area is 121 Å². The molecule has 0 fully saturated rings. The van der Waals surface area contributed by atoms with Crippen molar-refractivity contribution in [3.8, 4) is 0 Å². The van der Waals surface area contributed by atoms with Gasteiger partial charge in [0.25, 0.3) is 5.09 Å². The van der Waals surface area contributed by atoms with Crippen LogP contribution < -0.4 is 0 Å². The minimum atomic E-state index is -1.50. The van der Waals surface area contributed by atoms with Crippen LogP contribution in [0.4, 0.5) is 0 Å². The summed E-state index contributed by atoms with van der Waals surface area (Å²) in [5.41, 5.74) is 3.39. The molecule has 2 aromatic rings. The van der Waals surface area contributed by atoms with Gasteiger partial charge in [0, 0.05) is 0 Å². The molecule has 1 aromatic heterocycles. The van der Waals surface area contributed by atoms with Crippen molar-refractivity contribution in [3.05, 3.63) is 63.7 Å². The van der Waals surface area contributed by atoms with Gasteiger partial charge in [0.05, 0.1) is 18.6 Å². The lowest BCUT2D eigenvalue weighted by molar-refractivity contribution is -0.742. The molecule has 0 bridgehead atoms. The van der Waals surface area contributed by atoms with Gasteiger partial charge in [-0.2, -0.15) is 0 Å². The fraction of sp³-hybridized carbons (Fsp3) is 0.286. The summed E-state index contributed by atoms with van der Waals surface area (Å²) in [4.78, 5) is 23.4. The maximum absolute atomic E-state index is 11.0. The Kier molecular flexibility index (Phi) is 4.65. The number of benzene rings is 1. The standard InChI is InChI=1S/C14H14N2O.HNO3/c17-9-12-8-15-10-16(12)14-7-3-5-11-4-1-2-6-13(11)14;2-1(3)4/h1-2,4,6,8-10,14H,3,5,7H2;(H,2,3,4). The van der Waals surface area contributed by atoms with Crippen molar-refractivity contribution in [1.29, 1.82) is 0 Å². The third-order valence-corrected chi connectivity index (χ3v) is 3.49. The summed E-state index contributed by atoms with van der Waals surface area (Å²) in [5.74, 6) is 0. The van der Waals surface area contributed by atoms with Crippen molar-refractivity contribution >= 4 is 6.29 Å². The lowest BCUT2D eigenvalue weighted by Crippen LogP contribution is -2.18. The fourth-order valence-electron chi connectivity index (χ4n) is 2.68. The molecular formula is C14H15N3O4. The molecular weight excluding hydrogens is 274 g/mol. The second-order valence-corrected chi connectivity index (χ2v) is 4.69. The molecule has 0 saturated carbocycles. The highest BCUT2D eigenvalue weighted by Gasteiger charge is 2.22. The molecule has 0 saturated heterocycles. The Morgan fingerprint density at radius 2 is 2.14 bits per heavy atom. The van der Waals surface area contributed by atoms with E-state index in [0.717, 1.165) is 25.5 Å². The number of hydrogen-bond acceptors (Lipinski definition) is 4. The van der Waals surface area contributed by atoms with E-state index in [0.29, 0.717) is 5.69 Å². The zero-order chi connectivity index (χ0) is 15.2. The van der Waals surface area contributed by atoms with E-state index in [2.05, 4.69) is 29.2 Å². The van der Waals surface area contributed by atoms with Crippen molar-refractivity contribution in [2.75, 3.05) is 0 Å². The molecule has 1 aliphatic carbocycles. The van der Waals surface area contributed by atoms with Gasteiger partial charge < -0.3 is 9.77 Å². The molecule has 1 heterocycles. The average Bonchev–Trinajstić information content (AvgIpc) is 2.94. The number of carbonyl (C=O) groups is 1. The van der Waals surface area contributed by atoms with E-state index in [1.165, 1.54) is 11.1 Å². The highest BCUT2D eigenvalue weighted by atomic mass is 16.9. The minimum absolute atomic E-state index is 0.266. The summed E-state index contributed by atoms with van der Waals surface area (Å²) >= 11 is 0. The van der Waals surface area contributed by atoms with Crippen LogP contribution in [-0.2, 0) is 6.42 Å². The van der Waals surface area contributed by atoms with Gasteiger partial charge in [0.2, 0.25) is 0 Å². The van der Waals surface area contributed by atoms with E-state index in [4.69, 9.17) is 15.3 Å². The number of carbonyl (C=O) groups excluding carboxylic acids is 1. The van der Waals surface area contributed by atoms with Crippen LogP contribution in [0.5, 0.6) is 0 Å². The molecule has 1 aromatic carbocycles. The van der Waals surface area contributed by atoms with Crippen molar-refractivity contribution in [3.63, 3.8) is 0 Å². The van der Waals surface area contributed by atoms with Gasteiger partial charge in [-0.3, -0.25) is 4.79 Å². The van der Waals surface area contributed by atoms with Gasteiger partial charge in [-0.15, -0.1) is 10.1 Å². The molecule has 21 heavy (non-hydrogen) atoms. The summed E-state index contributed by atoms with van der Waals surface area (Å²) < 4.78 is 1.99. The second kappa shape index (κ2) is 6.65. The molecule has 0 radical (unpaired) electrons. The fourth-order valence-corrected chi connectivity index (χ4v) is 2.68. The van der Waals surface area contributed by atoms with E-state index >= 15 is 0 Å². The van der Waals surface area contributed by atoms with E-state index in [-0.39, 0.29) is 6.04 Å². The van der Waals surface area contributed by atoms with Crippen LogP contribution in [0.2, 0.25) is 0 Å². The van der Waals surface area contributed by atoms with E-state index in [1.807, 2.05) is 4.57 Å². The lowest BCUT2D eigenvalue weighted by Gasteiger charge is -2.27. The van der Waals surface area contributed by atoms with Gasteiger partial charge in [-0.25, -0.2) is 4.98 Å². The number of rotatable bonds is 2. The zero-order valence-electron chi connectivity index (χ0n) is 11.3. The van der Waals surface area contributed by atoms with Crippen LogP contribution in [0, 0.1) is 10.1 Å². The highest BCUT2D eigenvalue weighted by Crippen LogP contribution is 2.33. The van der Waals surface area contributed by atoms with Crippen molar-refractivity contribution < 1.29 is 15.1 Å². The van der Waals surface area contributed by atoms with E-state index < -0.39 is 5.09 Å². The summed E-state index contributed by atoms with van der Waals surface area (Å²) in [5, 5.41) is 13.6. The van der Waals surface area contributed by atoms with Gasteiger partial charge >= 0.3 is 0 Å². The van der Waals surface area contributed by atoms with Gasteiger partial charge in [0.1, 0.15) is 5.69 Å². The first-order valence-corrected chi connectivity index (χ1v) is 6.51. The predicted octanol–water partition coefficient (Wildman–Crippen LogP) is 2.27. The van der Waals surface area contributed by atoms with Crippen LogP contribution in [0.15, 0.2) is 36.8 Å². The van der Waals surface area contributed by atoms with E-state index in [1.54, 1.807) is 12.5 Å². The van der Waals surface area contributed by atoms with Gasteiger partial charge in [-0.05, 0) is 30.4 Å². The highest BCUT2D eigenvalue weighted by molar-refractivity contribution is 5.71. The first kappa shape index (κ1) is 14.7. The normalized spacial score (nSPS) is 16.3. The molecule has 1 aliphatic rings. The Bertz CT molecular complexity index is 635. The van der Waals surface area contributed by atoms with Crippen molar-refractivity contribution in [2.24, 2.45) is 0 Å². The molecule has 0 aliphatic heterocycles. The number of aryl methyl sites for hydroxylation is 1. The lowest BCUT2D eigenvalue weighted by atomic mass is 9.87. The maximum atomic E-state index is 11.0. The quantitative estimate of drug-likeness (QED) is 0.519. The smallest absolute Gasteiger partial charge is 0.291 e. The van der Waals surface area contributed by atoms with Crippen molar-refractivity contribution in [1.82, 2.24) is 9.55 Å². The summed E-state index contributed by atoms with van der Waals surface area (Å²) in [6.07, 6.45) is 7.65. The molecule has 1 unspecified atom stereocenters. The van der Waals surface area contributed by atoms with Crippen LogP contribution in [0.3, 0.4) is 0 Å². The number of hydrogen-bond donors (Lipinski definition) is 1. The zero-order valence-corrected chi connectivity index (χ0v) is 11.3. The number of nitrogens with zero attached hydrogens (tertiary/aromatic N) is 3. The third-order valence-electron chi connectivity index (χ3n) is 3.49. The van der Waals surface area contributed by atoms with Crippen LogP contribution >= 0.6 is 0 Å².